The summed E-state index contributed by atoms with van der Waals surface area (Å²) in [5.41, 5.74) is 1.30. The number of nitrogens with one attached hydrogen (secondary N) is 1. The fourth-order valence-corrected chi connectivity index (χ4v) is 3.54. The van der Waals surface area contributed by atoms with Crippen molar-refractivity contribution in [3.05, 3.63) is 29.8 Å². The molecule has 20 heavy (non-hydrogen) atoms. The lowest BCUT2D eigenvalue weighted by molar-refractivity contribution is 0.239. The van der Waals surface area contributed by atoms with Gasteiger partial charge in [0.15, 0.2) is 0 Å². The van der Waals surface area contributed by atoms with Gasteiger partial charge in [0.2, 0.25) is 0 Å². The lowest BCUT2D eigenvalue weighted by atomic mass is 9.82. The standard InChI is InChI=1S/C18H29NO/c1-4-15-9-5-7-11-17(15)19-14(2)13-16-10-6-8-12-18(16)20-3/h6,8,10,12,14-15,17,19H,4-5,7,9,11,13H2,1-3H3. The highest BCUT2D eigenvalue weighted by molar-refractivity contribution is 5.33. The van der Waals surface area contributed by atoms with E-state index >= 15 is 0 Å². The van der Waals surface area contributed by atoms with Gasteiger partial charge in [-0.3, -0.25) is 0 Å². The van der Waals surface area contributed by atoms with Crippen molar-refractivity contribution in [3.63, 3.8) is 0 Å². The Kier molecular flexibility index (Phi) is 5.90. The fourth-order valence-electron chi connectivity index (χ4n) is 3.54. The van der Waals surface area contributed by atoms with Crippen molar-refractivity contribution in [2.24, 2.45) is 5.92 Å². The molecule has 0 aromatic heterocycles. The molecule has 2 heteroatoms. The van der Waals surface area contributed by atoms with Crippen molar-refractivity contribution in [2.75, 3.05) is 7.11 Å². The molecule has 0 spiro atoms. The van der Waals surface area contributed by atoms with Gasteiger partial charge in [-0.15, -0.1) is 0 Å². The summed E-state index contributed by atoms with van der Waals surface area (Å²) in [6, 6.07) is 9.57. The second kappa shape index (κ2) is 7.68. The van der Waals surface area contributed by atoms with Crippen LogP contribution in [-0.4, -0.2) is 19.2 Å². The number of hydrogen-bond donors (Lipinski definition) is 1. The van der Waals surface area contributed by atoms with Gasteiger partial charge in [-0.05, 0) is 43.7 Å². The highest BCUT2D eigenvalue weighted by atomic mass is 16.5. The van der Waals surface area contributed by atoms with E-state index in [0.717, 1.165) is 18.1 Å². The zero-order valence-electron chi connectivity index (χ0n) is 13.2. The van der Waals surface area contributed by atoms with Crippen LogP contribution in [-0.2, 0) is 6.42 Å². The molecule has 112 valence electrons. The third-order valence-electron chi connectivity index (χ3n) is 4.65. The first-order valence-electron chi connectivity index (χ1n) is 8.12. The Bertz CT molecular complexity index is 404. The lowest BCUT2D eigenvalue weighted by Crippen LogP contribution is -2.43. The molecule has 0 bridgehead atoms. The first kappa shape index (κ1) is 15.4. The van der Waals surface area contributed by atoms with Gasteiger partial charge in [-0.2, -0.15) is 0 Å². The predicted molar refractivity (Wildman–Crippen MR) is 85.3 cm³/mol. The van der Waals surface area contributed by atoms with Crippen LogP contribution in [0, 0.1) is 5.92 Å². The number of hydrogen-bond acceptors (Lipinski definition) is 2. The van der Waals surface area contributed by atoms with Gasteiger partial charge >= 0.3 is 0 Å². The van der Waals surface area contributed by atoms with E-state index in [2.05, 4.69) is 37.4 Å². The minimum absolute atomic E-state index is 0.503. The molecular weight excluding hydrogens is 246 g/mol. The maximum atomic E-state index is 5.45. The zero-order valence-corrected chi connectivity index (χ0v) is 13.2. The SMILES string of the molecule is CCC1CCCCC1NC(C)Cc1ccccc1OC. The van der Waals surface area contributed by atoms with Crippen molar-refractivity contribution in [1.29, 1.82) is 0 Å². The highest BCUT2D eigenvalue weighted by Crippen LogP contribution is 2.27. The molecule has 0 saturated heterocycles. The van der Waals surface area contributed by atoms with Crippen LogP contribution in [0.15, 0.2) is 24.3 Å². The summed E-state index contributed by atoms with van der Waals surface area (Å²) in [6.45, 7) is 4.63. The van der Waals surface area contributed by atoms with Crippen molar-refractivity contribution in [2.45, 2.75) is 64.5 Å². The molecule has 1 aromatic carbocycles. The van der Waals surface area contributed by atoms with E-state index in [-0.39, 0.29) is 0 Å². The maximum Gasteiger partial charge on any atom is 0.122 e. The Balaban J connectivity index is 1.92. The van der Waals surface area contributed by atoms with E-state index < -0.39 is 0 Å². The molecule has 3 unspecified atom stereocenters. The molecule has 2 nitrogen and oxygen atoms in total. The Hall–Kier alpha value is -1.02. The molecule has 1 aliphatic rings. The molecule has 2 rings (SSSR count). The summed E-state index contributed by atoms with van der Waals surface area (Å²) >= 11 is 0. The normalized spacial score (nSPS) is 24.4. The monoisotopic (exact) mass is 275 g/mol. The quantitative estimate of drug-likeness (QED) is 0.840. The van der Waals surface area contributed by atoms with Gasteiger partial charge in [-0.1, -0.05) is 44.4 Å². The second-order valence-electron chi connectivity index (χ2n) is 6.14. The Morgan fingerprint density at radius 3 is 2.75 bits per heavy atom. The van der Waals surface area contributed by atoms with Crippen molar-refractivity contribution in [1.82, 2.24) is 5.32 Å². The number of methoxy groups -OCH3 is 1. The Morgan fingerprint density at radius 2 is 2.00 bits per heavy atom. The number of ether oxygens (including phenoxy) is 1. The van der Waals surface area contributed by atoms with Crippen LogP contribution in [0.25, 0.3) is 0 Å². The molecule has 1 fully saturated rings. The maximum absolute atomic E-state index is 5.45. The van der Waals surface area contributed by atoms with Crippen molar-refractivity contribution in [3.8, 4) is 5.75 Å². The average molecular weight is 275 g/mol. The molecule has 1 aromatic rings. The van der Waals surface area contributed by atoms with Gasteiger partial charge in [0, 0.05) is 12.1 Å². The number of para-hydroxylation sites is 1. The predicted octanol–water partition coefficient (Wildman–Crippen LogP) is 4.18. The van der Waals surface area contributed by atoms with Crippen LogP contribution in [0.1, 0.15) is 51.5 Å². The minimum atomic E-state index is 0.503. The molecule has 1 aliphatic carbocycles. The number of benzene rings is 1. The molecule has 1 saturated carbocycles. The lowest BCUT2D eigenvalue weighted by Gasteiger charge is -2.34. The minimum Gasteiger partial charge on any atom is -0.496 e. The smallest absolute Gasteiger partial charge is 0.122 e. The van der Waals surface area contributed by atoms with Crippen LogP contribution >= 0.6 is 0 Å². The van der Waals surface area contributed by atoms with E-state index in [1.165, 1.54) is 37.7 Å². The number of rotatable bonds is 6. The molecular formula is C18H29NO. The summed E-state index contributed by atoms with van der Waals surface area (Å²) in [7, 11) is 1.76. The van der Waals surface area contributed by atoms with Gasteiger partial charge < -0.3 is 10.1 Å². The van der Waals surface area contributed by atoms with Crippen LogP contribution in [0.3, 0.4) is 0 Å². The fraction of sp³-hybridized carbons (Fsp3) is 0.667. The zero-order chi connectivity index (χ0) is 14.4. The third-order valence-corrected chi connectivity index (χ3v) is 4.65. The van der Waals surface area contributed by atoms with E-state index in [9.17, 15) is 0 Å². The summed E-state index contributed by atoms with van der Waals surface area (Å²) in [5, 5.41) is 3.86. The summed E-state index contributed by atoms with van der Waals surface area (Å²) in [5.74, 6) is 1.88. The van der Waals surface area contributed by atoms with Gasteiger partial charge in [-0.25, -0.2) is 0 Å². The van der Waals surface area contributed by atoms with Crippen LogP contribution in [0.4, 0.5) is 0 Å². The van der Waals surface area contributed by atoms with Gasteiger partial charge in [0.1, 0.15) is 5.75 Å². The van der Waals surface area contributed by atoms with Crippen LogP contribution in [0.2, 0.25) is 0 Å². The topological polar surface area (TPSA) is 21.3 Å². The molecule has 0 aliphatic heterocycles. The van der Waals surface area contributed by atoms with Crippen LogP contribution in [0.5, 0.6) is 5.75 Å². The second-order valence-corrected chi connectivity index (χ2v) is 6.14. The van der Waals surface area contributed by atoms with E-state index in [4.69, 9.17) is 4.74 Å². The molecule has 1 N–H and O–H groups in total. The first-order chi connectivity index (χ1) is 9.74. The van der Waals surface area contributed by atoms with E-state index in [1.54, 1.807) is 7.11 Å². The molecule has 0 heterocycles. The Labute approximate surface area is 123 Å². The summed E-state index contributed by atoms with van der Waals surface area (Å²) in [4.78, 5) is 0. The molecule has 3 atom stereocenters. The average Bonchev–Trinajstić information content (AvgIpc) is 2.48. The van der Waals surface area contributed by atoms with Crippen molar-refractivity contribution < 1.29 is 4.74 Å². The van der Waals surface area contributed by atoms with Gasteiger partial charge in [0.25, 0.3) is 0 Å². The van der Waals surface area contributed by atoms with Gasteiger partial charge in [0.05, 0.1) is 7.11 Å². The van der Waals surface area contributed by atoms with Crippen molar-refractivity contribution >= 4 is 0 Å². The first-order valence-corrected chi connectivity index (χ1v) is 8.12. The van der Waals surface area contributed by atoms with Crippen LogP contribution < -0.4 is 10.1 Å². The Morgan fingerprint density at radius 1 is 1.25 bits per heavy atom. The highest BCUT2D eigenvalue weighted by Gasteiger charge is 2.24. The largest absolute Gasteiger partial charge is 0.496 e. The third kappa shape index (κ3) is 3.99. The summed E-state index contributed by atoms with van der Waals surface area (Å²) < 4.78 is 5.45. The van der Waals surface area contributed by atoms with E-state index in [0.29, 0.717) is 12.1 Å². The van der Waals surface area contributed by atoms with E-state index in [1.807, 2.05) is 6.07 Å². The molecule has 0 radical (unpaired) electrons. The summed E-state index contributed by atoms with van der Waals surface area (Å²) in [6.07, 6.45) is 7.88. The molecule has 0 amide bonds.